The fourth-order valence-electron chi connectivity index (χ4n) is 7.23. The molecule has 2 aliphatic carbocycles. The van der Waals surface area contributed by atoms with Crippen molar-refractivity contribution in [2.75, 3.05) is 16.9 Å². The molecule has 0 fully saturated rings. The molecule has 6 aromatic rings. The van der Waals surface area contributed by atoms with Crippen LogP contribution in [0.15, 0.2) is 205 Å². The van der Waals surface area contributed by atoms with Crippen molar-refractivity contribution >= 4 is 28.5 Å². The standard InChI is InChI=1S/C51H44N2O3.C2H6/c1-37-13-15-40(16-14-37)51(54)41-21-31-49(32-22-41)56-50-35-29-47(30-36-50)53(43-11-7-4-8-12-43)45-25-19-39(20-26-45)38-17-23-44(24-18-38)52(42-9-5-3-6-10-42)46-27-33-48(55-2)34-28-46;1-2/h3-27,29-33,35,50H,28,34,36H2,1-2H3;1-2H3. The number of para-hydroxylation sites is 2. The van der Waals surface area contributed by atoms with Crippen LogP contribution in [0.25, 0.3) is 11.1 Å². The number of methoxy groups -OCH3 is 1. The number of hydrogen-bond donors (Lipinski definition) is 0. The first-order valence-corrected chi connectivity index (χ1v) is 20.1. The zero-order valence-corrected chi connectivity index (χ0v) is 33.7. The molecule has 0 aliphatic heterocycles. The second kappa shape index (κ2) is 18.9. The molecular formula is C53H50N2O3. The van der Waals surface area contributed by atoms with Crippen LogP contribution in [0.2, 0.25) is 0 Å². The number of ether oxygens (including phenoxy) is 2. The molecule has 0 N–H and O–H groups in total. The molecule has 0 saturated heterocycles. The van der Waals surface area contributed by atoms with Gasteiger partial charge in [0.1, 0.15) is 11.9 Å². The lowest BCUT2D eigenvalue weighted by Gasteiger charge is -2.30. The molecule has 8 rings (SSSR count). The third kappa shape index (κ3) is 9.22. The van der Waals surface area contributed by atoms with E-state index in [0.29, 0.717) is 17.5 Å². The molecule has 2 aliphatic rings. The highest BCUT2D eigenvalue weighted by atomic mass is 16.5. The third-order valence-corrected chi connectivity index (χ3v) is 10.3. The van der Waals surface area contributed by atoms with Gasteiger partial charge < -0.3 is 19.3 Å². The summed E-state index contributed by atoms with van der Waals surface area (Å²) >= 11 is 0. The van der Waals surface area contributed by atoms with Crippen molar-refractivity contribution in [1.82, 2.24) is 0 Å². The Labute approximate surface area is 343 Å². The predicted octanol–water partition coefficient (Wildman–Crippen LogP) is 13.7. The van der Waals surface area contributed by atoms with Crippen LogP contribution in [-0.4, -0.2) is 19.0 Å². The van der Waals surface area contributed by atoms with E-state index >= 15 is 0 Å². The first-order valence-electron chi connectivity index (χ1n) is 20.1. The Morgan fingerprint density at radius 3 is 1.60 bits per heavy atom. The smallest absolute Gasteiger partial charge is 0.193 e. The van der Waals surface area contributed by atoms with E-state index < -0.39 is 0 Å². The number of anilines is 4. The molecule has 1 unspecified atom stereocenters. The van der Waals surface area contributed by atoms with E-state index in [9.17, 15) is 4.79 Å². The molecule has 0 saturated carbocycles. The van der Waals surface area contributed by atoms with Gasteiger partial charge in [-0.15, -0.1) is 0 Å². The van der Waals surface area contributed by atoms with E-state index in [1.807, 2.05) is 75.4 Å². The number of carbonyl (C=O) groups is 1. The summed E-state index contributed by atoms with van der Waals surface area (Å²) in [6.07, 6.45) is 13.1. The largest absolute Gasteiger partial charge is 0.501 e. The topological polar surface area (TPSA) is 42.0 Å². The molecule has 0 amide bonds. The first-order chi connectivity index (χ1) is 28.5. The van der Waals surface area contributed by atoms with Crippen LogP contribution < -0.4 is 14.5 Å². The lowest BCUT2D eigenvalue weighted by molar-refractivity contribution is 0.103. The second-order valence-corrected chi connectivity index (χ2v) is 14.0. The van der Waals surface area contributed by atoms with Crippen LogP contribution in [0.1, 0.15) is 54.6 Å². The van der Waals surface area contributed by atoms with Crippen molar-refractivity contribution in [3.63, 3.8) is 0 Å². The van der Waals surface area contributed by atoms with Crippen LogP contribution in [0.3, 0.4) is 0 Å². The van der Waals surface area contributed by atoms with Gasteiger partial charge in [0.2, 0.25) is 0 Å². The number of hydrogen-bond acceptors (Lipinski definition) is 5. The molecule has 58 heavy (non-hydrogen) atoms. The van der Waals surface area contributed by atoms with Crippen molar-refractivity contribution in [2.45, 2.75) is 46.1 Å². The molecule has 290 valence electrons. The Bertz CT molecular complexity index is 2390. The second-order valence-electron chi connectivity index (χ2n) is 14.0. The molecule has 0 spiro atoms. The predicted molar refractivity (Wildman–Crippen MR) is 240 cm³/mol. The Morgan fingerprint density at radius 2 is 1.10 bits per heavy atom. The fraction of sp³-hybridized carbons (Fsp3) is 0.151. The number of aryl methyl sites for hydroxylation is 1. The normalized spacial score (nSPS) is 14.5. The summed E-state index contributed by atoms with van der Waals surface area (Å²) in [5, 5.41) is 0. The van der Waals surface area contributed by atoms with E-state index in [-0.39, 0.29) is 11.9 Å². The Balaban J connectivity index is 0.00000252. The zero-order chi connectivity index (χ0) is 40.3. The van der Waals surface area contributed by atoms with E-state index in [1.165, 1.54) is 5.70 Å². The van der Waals surface area contributed by atoms with Gasteiger partial charge >= 0.3 is 0 Å². The van der Waals surface area contributed by atoms with Crippen LogP contribution >= 0.6 is 0 Å². The van der Waals surface area contributed by atoms with Gasteiger partial charge in [-0.05, 0) is 122 Å². The van der Waals surface area contributed by atoms with Crippen LogP contribution in [0, 0.1) is 6.92 Å². The number of benzene rings is 6. The van der Waals surface area contributed by atoms with Crippen molar-refractivity contribution in [1.29, 1.82) is 0 Å². The van der Waals surface area contributed by atoms with Gasteiger partial charge in [0.15, 0.2) is 5.78 Å². The average molecular weight is 763 g/mol. The van der Waals surface area contributed by atoms with Gasteiger partial charge in [-0.25, -0.2) is 0 Å². The monoisotopic (exact) mass is 762 g/mol. The summed E-state index contributed by atoms with van der Waals surface area (Å²) < 4.78 is 11.8. The summed E-state index contributed by atoms with van der Waals surface area (Å²) in [5.41, 5.74) is 11.5. The summed E-state index contributed by atoms with van der Waals surface area (Å²) in [4.78, 5) is 17.6. The average Bonchev–Trinajstić information content (AvgIpc) is 3.30. The van der Waals surface area contributed by atoms with E-state index in [0.717, 1.165) is 69.5 Å². The minimum atomic E-state index is -0.119. The third-order valence-electron chi connectivity index (χ3n) is 10.3. The molecule has 0 heterocycles. The van der Waals surface area contributed by atoms with Crippen molar-refractivity contribution in [2.24, 2.45) is 0 Å². The maximum atomic E-state index is 13.0. The molecular weight excluding hydrogens is 713 g/mol. The van der Waals surface area contributed by atoms with Gasteiger partial charge in [0.25, 0.3) is 0 Å². The maximum absolute atomic E-state index is 13.0. The summed E-state index contributed by atoms with van der Waals surface area (Å²) in [6.45, 7) is 6.02. The first kappa shape index (κ1) is 39.4. The molecule has 0 radical (unpaired) electrons. The highest BCUT2D eigenvalue weighted by Crippen LogP contribution is 2.37. The summed E-state index contributed by atoms with van der Waals surface area (Å²) in [7, 11) is 1.74. The molecule has 1 atom stereocenters. The van der Waals surface area contributed by atoms with E-state index in [1.54, 1.807) is 7.11 Å². The van der Waals surface area contributed by atoms with Gasteiger partial charge in [-0.1, -0.05) is 110 Å². The Hall–Kier alpha value is -6.85. The molecule has 0 aromatic heterocycles. The van der Waals surface area contributed by atoms with E-state index in [4.69, 9.17) is 9.47 Å². The van der Waals surface area contributed by atoms with Crippen LogP contribution in [0.4, 0.5) is 22.7 Å². The molecule has 5 heteroatoms. The number of allylic oxidation sites excluding steroid dienone is 5. The van der Waals surface area contributed by atoms with Gasteiger partial charge in [0.05, 0.1) is 12.9 Å². The van der Waals surface area contributed by atoms with Gasteiger partial charge in [-0.2, -0.15) is 0 Å². The number of carbonyl (C=O) groups excluding carboxylic acids is 1. The van der Waals surface area contributed by atoms with Crippen LogP contribution in [0.5, 0.6) is 5.75 Å². The van der Waals surface area contributed by atoms with Crippen molar-refractivity contribution in [3.05, 3.63) is 222 Å². The lowest BCUT2D eigenvalue weighted by Crippen LogP contribution is -2.21. The van der Waals surface area contributed by atoms with Crippen LogP contribution in [-0.2, 0) is 4.74 Å². The molecule has 6 aromatic carbocycles. The zero-order valence-electron chi connectivity index (χ0n) is 33.7. The van der Waals surface area contributed by atoms with Crippen molar-refractivity contribution < 1.29 is 14.3 Å². The Kier molecular flexibility index (Phi) is 12.8. The van der Waals surface area contributed by atoms with Gasteiger partial charge in [-0.3, -0.25) is 4.79 Å². The minimum absolute atomic E-state index is 0.00621. The maximum Gasteiger partial charge on any atom is 0.193 e. The summed E-state index contributed by atoms with van der Waals surface area (Å²) in [5.74, 6) is 1.75. The minimum Gasteiger partial charge on any atom is -0.501 e. The quantitative estimate of drug-likeness (QED) is 0.116. The lowest BCUT2D eigenvalue weighted by atomic mass is 10.0. The Morgan fingerprint density at radius 1 is 0.586 bits per heavy atom. The van der Waals surface area contributed by atoms with Gasteiger partial charge in [0, 0.05) is 58.1 Å². The highest BCUT2D eigenvalue weighted by Gasteiger charge is 2.20. The molecule has 0 bridgehead atoms. The number of rotatable bonds is 12. The van der Waals surface area contributed by atoms with E-state index in [2.05, 4.69) is 143 Å². The fourth-order valence-corrected chi connectivity index (χ4v) is 7.23. The highest BCUT2D eigenvalue weighted by molar-refractivity contribution is 6.09. The number of ketones is 1. The number of nitrogens with zero attached hydrogens (tertiary/aromatic N) is 2. The van der Waals surface area contributed by atoms with Crippen molar-refractivity contribution in [3.8, 4) is 16.9 Å². The molecule has 5 nitrogen and oxygen atoms in total. The SMILES string of the molecule is CC.COC1=CC=C(N(c2ccccc2)c2ccc(-c3ccc(N(C4=CCC(Oc5ccc(C(=O)c6ccc(C)cc6)cc5)C=C4)c4ccccc4)cc3)cc2)CC1. The summed E-state index contributed by atoms with van der Waals surface area (Å²) in [6, 6.07) is 53.7.